The maximum Gasteiger partial charge on any atom is 0.222 e. The molecule has 3 rings (SSSR count). The number of nitrogens with two attached hydrogens (primary N) is 1. The number of benzene rings is 1. The number of hydrogen-bond donors (Lipinski definition) is 2. The van der Waals surface area contributed by atoms with Crippen LogP contribution in [0, 0.1) is 17.2 Å². The lowest BCUT2D eigenvalue weighted by molar-refractivity contribution is -0.122. The number of carbonyl (C=O) groups excluding carboxylic acids is 1. The second-order valence-electron chi connectivity index (χ2n) is 6.22. The highest BCUT2D eigenvalue weighted by Crippen LogP contribution is 2.23. The van der Waals surface area contributed by atoms with Crippen LogP contribution in [0.15, 0.2) is 42.6 Å². The lowest BCUT2D eigenvalue weighted by Crippen LogP contribution is -2.41. The fourth-order valence-electron chi connectivity index (χ4n) is 3.09. The molecule has 1 aliphatic rings. The maximum atomic E-state index is 11.4. The number of amides is 1. The summed E-state index contributed by atoms with van der Waals surface area (Å²) in [5.41, 5.74) is 8.18. The first kappa shape index (κ1) is 16.8. The molecule has 1 unspecified atom stereocenters. The number of piperidine rings is 1. The number of hydrogen-bond acceptors (Lipinski definition) is 5. The first-order chi connectivity index (χ1) is 12.2. The zero-order valence-electron chi connectivity index (χ0n) is 14.0. The summed E-state index contributed by atoms with van der Waals surface area (Å²) in [5.74, 6) is 0.312. The Bertz CT molecular complexity index is 781. The summed E-state index contributed by atoms with van der Waals surface area (Å²) in [5, 5.41) is 12.3. The van der Waals surface area contributed by atoms with Gasteiger partial charge in [0.25, 0.3) is 0 Å². The smallest absolute Gasteiger partial charge is 0.222 e. The van der Waals surface area contributed by atoms with E-state index in [1.165, 1.54) is 0 Å². The molecule has 1 atom stereocenters. The van der Waals surface area contributed by atoms with Crippen molar-refractivity contribution >= 4 is 17.4 Å². The molecule has 0 saturated carbocycles. The second-order valence-corrected chi connectivity index (χ2v) is 6.22. The zero-order valence-corrected chi connectivity index (χ0v) is 14.0. The van der Waals surface area contributed by atoms with Crippen LogP contribution in [-0.2, 0) is 11.3 Å². The van der Waals surface area contributed by atoms with Crippen molar-refractivity contribution in [1.29, 1.82) is 5.26 Å². The predicted octanol–water partition coefficient (Wildman–Crippen LogP) is 2.27. The van der Waals surface area contributed by atoms with Crippen molar-refractivity contribution in [3.05, 3.63) is 53.7 Å². The molecule has 6 nitrogen and oxygen atoms in total. The molecule has 3 N–H and O–H groups in total. The average molecular weight is 335 g/mol. The Hall–Kier alpha value is -3.07. The van der Waals surface area contributed by atoms with E-state index >= 15 is 0 Å². The van der Waals surface area contributed by atoms with Gasteiger partial charge in [-0.2, -0.15) is 5.26 Å². The topological polar surface area (TPSA) is 95.0 Å². The molecular weight excluding hydrogens is 314 g/mol. The van der Waals surface area contributed by atoms with Gasteiger partial charge in [-0.05, 0) is 42.7 Å². The predicted molar refractivity (Wildman–Crippen MR) is 96.9 cm³/mol. The summed E-state index contributed by atoms with van der Waals surface area (Å²) in [6, 6.07) is 13.8. The number of aromatic nitrogens is 1. The average Bonchev–Trinajstić information content (AvgIpc) is 2.67. The van der Waals surface area contributed by atoms with Gasteiger partial charge in [-0.15, -0.1) is 0 Å². The van der Waals surface area contributed by atoms with Gasteiger partial charge in [0, 0.05) is 31.5 Å². The van der Waals surface area contributed by atoms with E-state index in [0.717, 1.165) is 30.6 Å². The van der Waals surface area contributed by atoms with Crippen molar-refractivity contribution < 1.29 is 4.79 Å². The van der Waals surface area contributed by atoms with Crippen LogP contribution in [-0.4, -0.2) is 24.0 Å². The summed E-state index contributed by atoms with van der Waals surface area (Å²) in [6.45, 7) is 2.23. The Morgan fingerprint density at radius 3 is 2.88 bits per heavy atom. The van der Waals surface area contributed by atoms with Gasteiger partial charge in [0.15, 0.2) is 0 Å². The molecule has 6 heteroatoms. The van der Waals surface area contributed by atoms with Gasteiger partial charge in [-0.3, -0.25) is 4.79 Å². The number of nitrogens with zero attached hydrogens (tertiary/aromatic N) is 3. The number of primary amides is 1. The molecule has 1 aliphatic heterocycles. The van der Waals surface area contributed by atoms with E-state index in [1.54, 1.807) is 18.3 Å². The highest BCUT2D eigenvalue weighted by molar-refractivity contribution is 5.77. The fourth-order valence-corrected chi connectivity index (χ4v) is 3.09. The molecule has 2 aromatic rings. The largest absolute Gasteiger partial charge is 0.371 e. The van der Waals surface area contributed by atoms with Crippen LogP contribution in [0.2, 0.25) is 0 Å². The summed E-state index contributed by atoms with van der Waals surface area (Å²) >= 11 is 0. The Morgan fingerprint density at radius 2 is 2.16 bits per heavy atom. The summed E-state index contributed by atoms with van der Waals surface area (Å²) in [6.07, 6.45) is 3.52. The van der Waals surface area contributed by atoms with Crippen molar-refractivity contribution in [3.8, 4) is 6.07 Å². The van der Waals surface area contributed by atoms with Crippen LogP contribution in [0.25, 0.3) is 0 Å². The molecule has 128 valence electrons. The van der Waals surface area contributed by atoms with Crippen molar-refractivity contribution in [3.63, 3.8) is 0 Å². The van der Waals surface area contributed by atoms with Gasteiger partial charge < -0.3 is 16.0 Å². The van der Waals surface area contributed by atoms with Crippen molar-refractivity contribution in [2.24, 2.45) is 11.7 Å². The highest BCUT2D eigenvalue weighted by atomic mass is 16.1. The molecule has 1 saturated heterocycles. The van der Waals surface area contributed by atoms with Gasteiger partial charge in [0.05, 0.1) is 11.5 Å². The third-order valence-corrected chi connectivity index (χ3v) is 4.51. The number of carbonyl (C=O) groups is 1. The summed E-state index contributed by atoms with van der Waals surface area (Å²) in [7, 11) is 0. The molecule has 1 fully saturated rings. The zero-order chi connectivity index (χ0) is 17.6. The van der Waals surface area contributed by atoms with Crippen LogP contribution in [0.1, 0.15) is 24.0 Å². The van der Waals surface area contributed by atoms with Gasteiger partial charge >= 0.3 is 0 Å². The number of anilines is 2. The summed E-state index contributed by atoms with van der Waals surface area (Å²) in [4.78, 5) is 17.8. The number of pyridine rings is 1. The van der Waals surface area contributed by atoms with Crippen molar-refractivity contribution in [1.82, 2.24) is 4.98 Å². The molecule has 0 radical (unpaired) electrons. The van der Waals surface area contributed by atoms with E-state index in [9.17, 15) is 4.79 Å². The van der Waals surface area contributed by atoms with E-state index in [1.807, 2.05) is 12.1 Å². The first-order valence-electron chi connectivity index (χ1n) is 8.39. The molecular formula is C19H21N5O. The Labute approximate surface area is 147 Å². The Balaban J connectivity index is 1.62. The number of nitriles is 1. The number of rotatable bonds is 5. The Kier molecular flexibility index (Phi) is 5.14. The third kappa shape index (κ3) is 4.07. The molecule has 2 heterocycles. The molecule has 1 amide bonds. The van der Waals surface area contributed by atoms with Gasteiger partial charge in [-0.25, -0.2) is 4.98 Å². The molecule has 0 bridgehead atoms. The normalized spacial score (nSPS) is 16.9. The van der Waals surface area contributed by atoms with E-state index in [2.05, 4.69) is 33.4 Å². The monoisotopic (exact) mass is 335 g/mol. The van der Waals surface area contributed by atoms with Crippen LogP contribution >= 0.6 is 0 Å². The van der Waals surface area contributed by atoms with E-state index in [0.29, 0.717) is 24.5 Å². The SMILES string of the molecule is N#Cc1cccnc1NCc1ccc(N2CCCC(C(N)=O)C2)cc1. The van der Waals surface area contributed by atoms with Crippen LogP contribution in [0.3, 0.4) is 0 Å². The first-order valence-corrected chi connectivity index (χ1v) is 8.39. The highest BCUT2D eigenvalue weighted by Gasteiger charge is 2.23. The van der Waals surface area contributed by atoms with Gasteiger partial charge in [0.2, 0.25) is 5.91 Å². The lowest BCUT2D eigenvalue weighted by Gasteiger charge is -2.33. The second kappa shape index (κ2) is 7.67. The molecule has 0 spiro atoms. The van der Waals surface area contributed by atoms with Crippen LogP contribution < -0.4 is 16.0 Å². The van der Waals surface area contributed by atoms with Crippen LogP contribution in [0.5, 0.6) is 0 Å². The third-order valence-electron chi connectivity index (χ3n) is 4.51. The fraction of sp³-hybridized carbons (Fsp3) is 0.316. The van der Waals surface area contributed by atoms with E-state index < -0.39 is 0 Å². The van der Waals surface area contributed by atoms with Gasteiger partial charge in [0.1, 0.15) is 11.9 Å². The molecule has 1 aromatic heterocycles. The van der Waals surface area contributed by atoms with E-state index in [4.69, 9.17) is 11.0 Å². The van der Waals surface area contributed by atoms with Crippen molar-refractivity contribution in [2.45, 2.75) is 19.4 Å². The maximum absolute atomic E-state index is 11.4. The standard InChI is InChI=1S/C19H21N5O/c20-11-15-3-1-9-22-19(15)23-12-14-5-7-17(8-6-14)24-10-2-4-16(13-24)18(21)25/h1,3,5-9,16H,2,4,10,12-13H2,(H2,21,25)(H,22,23). The summed E-state index contributed by atoms with van der Waals surface area (Å²) < 4.78 is 0. The van der Waals surface area contributed by atoms with E-state index in [-0.39, 0.29) is 11.8 Å². The van der Waals surface area contributed by atoms with Crippen molar-refractivity contribution in [2.75, 3.05) is 23.3 Å². The molecule has 0 aliphatic carbocycles. The van der Waals surface area contributed by atoms with Gasteiger partial charge in [-0.1, -0.05) is 12.1 Å². The minimum atomic E-state index is -0.214. The Morgan fingerprint density at radius 1 is 1.36 bits per heavy atom. The minimum Gasteiger partial charge on any atom is -0.371 e. The lowest BCUT2D eigenvalue weighted by atomic mass is 9.97. The molecule has 1 aromatic carbocycles. The molecule has 25 heavy (non-hydrogen) atoms. The minimum absolute atomic E-state index is 0.0661. The van der Waals surface area contributed by atoms with Crippen LogP contribution in [0.4, 0.5) is 11.5 Å². The number of nitrogens with one attached hydrogen (secondary N) is 1. The quantitative estimate of drug-likeness (QED) is 0.874.